The average Bonchev–Trinajstić information content (AvgIpc) is 2.69. The smallest absolute Gasteiger partial charge is 0.0455 e. The molecule has 2 unspecified atom stereocenters. The molecule has 3 heteroatoms. The third-order valence-electron chi connectivity index (χ3n) is 5.13. The molecule has 0 bridgehead atoms. The van der Waals surface area contributed by atoms with E-state index in [1.807, 2.05) is 24.3 Å². The van der Waals surface area contributed by atoms with Gasteiger partial charge in [-0.15, -0.1) is 0 Å². The Kier molecular flexibility index (Phi) is 12.1. The first-order valence-corrected chi connectivity index (χ1v) is 11.6. The Labute approximate surface area is 188 Å². The van der Waals surface area contributed by atoms with Crippen molar-refractivity contribution in [2.45, 2.75) is 78.6 Å². The van der Waals surface area contributed by atoms with Crippen molar-refractivity contribution in [3.05, 3.63) is 75.3 Å². The molecule has 2 atom stereocenters. The lowest BCUT2D eigenvalue weighted by Crippen LogP contribution is -2.05. The minimum absolute atomic E-state index is 0.316. The summed E-state index contributed by atoms with van der Waals surface area (Å²) < 4.78 is 0. The van der Waals surface area contributed by atoms with Gasteiger partial charge in [0, 0.05) is 21.7 Å². The van der Waals surface area contributed by atoms with E-state index in [4.69, 9.17) is 28.9 Å². The Morgan fingerprint density at radius 2 is 1.62 bits per heavy atom. The van der Waals surface area contributed by atoms with Crippen LogP contribution in [0.5, 0.6) is 0 Å². The molecule has 0 spiro atoms. The summed E-state index contributed by atoms with van der Waals surface area (Å²) in [6.07, 6.45) is 10.5. The van der Waals surface area contributed by atoms with Gasteiger partial charge in [0.25, 0.3) is 0 Å². The minimum atomic E-state index is 0.316. The lowest BCUT2D eigenvalue weighted by molar-refractivity contribution is 0.626. The van der Waals surface area contributed by atoms with Gasteiger partial charge in [0.05, 0.1) is 0 Å². The molecule has 0 heterocycles. The van der Waals surface area contributed by atoms with Crippen LogP contribution in [0.15, 0.2) is 48.6 Å². The number of hydrogen-bond donors (Lipinski definition) is 1. The minimum Gasteiger partial charge on any atom is -0.399 e. The standard InChI is InChI=1S/C22H27Cl2N.C4H10/c1-4-5-6-7-17(21-14-19(25)10-8-15(21)2)12-16(3)20-11-9-18(23)13-22(20)24;1-3-4-2/h6-11,13-14,16-17H,4-5,12,25H2,1-3H3;3-4H2,1-2H3/b7-6-;. The van der Waals surface area contributed by atoms with Crippen LogP contribution < -0.4 is 5.73 Å². The summed E-state index contributed by atoms with van der Waals surface area (Å²) in [5.41, 5.74) is 10.6. The van der Waals surface area contributed by atoms with E-state index in [9.17, 15) is 0 Å². The van der Waals surface area contributed by atoms with E-state index in [-0.39, 0.29) is 0 Å². The Balaban J connectivity index is 0.000000960. The molecule has 2 rings (SSSR count). The van der Waals surface area contributed by atoms with Gasteiger partial charge >= 0.3 is 0 Å². The highest BCUT2D eigenvalue weighted by Gasteiger charge is 2.18. The zero-order valence-electron chi connectivity index (χ0n) is 18.6. The van der Waals surface area contributed by atoms with Crippen molar-refractivity contribution in [2.24, 2.45) is 0 Å². The fourth-order valence-electron chi connectivity index (χ4n) is 3.20. The molecule has 0 aliphatic heterocycles. The summed E-state index contributed by atoms with van der Waals surface area (Å²) in [5.74, 6) is 0.638. The predicted octanol–water partition coefficient (Wildman–Crippen LogP) is 9.32. The summed E-state index contributed by atoms with van der Waals surface area (Å²) in [5, 5.41) is 1.41. The maximum absolute atomic E-state index is 6.41. The molecule has 0 saturated heterocycles. The van der Waals surface area contributed by atoms with Crippen LogP contribution in [0.25, 0.3) is 0 Å². The van der Waals surface area contributed by atoms with Gasteiger partial charge < -0.3 is 5.73 Å². The van der Waals surface area contributed by atoms with Crippen LogP contribution in [-0.4, -0.2) is 0 Å². The monoisotopic (exact) mass is 433 g/mol. The van der Waals surface area contributed by atoms with Gasteiger partial charge in [-0.1, -0.05) is 94.4 Å². The van der Waals surface area contributed by atoms with Gasteiger partial charge in [-0.05, 0) is 66.6 Å². The van der Waals surface area contributed by atoms with Crippen LogP contribution >= 0.6 is 23.2 Å². The molecule has 0 fully saturated rings. The molecule has 0 aliphatic rings. The van der Waals surface area contributed by atoms with Crippen molar-refractivity contribution in [2.75, 3.05) is 5.73 Å². The normalized spacial score (nSPS) is 13.1. The summed E-state index contributed by atoms with van der Waals surface area (Å²) in [4.78, 5) is 0. The molecule has 2 aromatic carbocycles. The third-order valence-corrected chi connectivity index (χ3v) is 5.69. The SMILES string of the molecule is CCC/C=C\C(CC(C)c1ccc(Cl)cc1Cl)c1cc(N)ccc1C.CCCC. The molecule has 160 valence electrons. The molecular weight excluding hydrogens is 397 g/mol. The van der Waals surface area contributed by atoms with Crippen LogP contribution in [0.1, 0.15) is 88.3 Å². The molecule has 2 N–H and O–H groups in total. The van der Waals surface area contributed by atoms with Crippen molar-refractivity contribution in [1.82, 2.24) is 0 Å². The summed E-state index contributed by atoms with van der Waals surface area (Å²) in [6.45, 7) is 10.9. The van der Waals surface area contributed by atoms with E-state index in [0.29, 0.717) is 16.9 Å². The molecule has 0 aliphatic carbocycles. The number of unbranched alkanes of at least 4 members (excludes halogenated alkanes) is 2. The maximum Gasteiger partial charge on any atom is 0.0455 e. The number of rotatable bonds is 8. The molecule has 0 aromatic heterocycles. The highest BCUT2D eigenvalue weighted by atomic mass is 35.5. The van der Waals surface area contributed by atoms with Gasteiger partial charge in [-0.25, -0.2) is 0 Å². The molecule has 0 radical (unpaired) electrons. The van der Waals surface area contributed by atoms with Gasteiger partial charge in [0.2, 0.25) is 0 Å². The third kappa shape index (κ3) is 8.84. The lowest BCUT2D eigenvalue weighted by Gasteiger charge is -2.22. The van der Waals surface area contributed by atoms with Gasteiger partial charge in [-0.2, -0.15) is 0 Å². The second-order valence-electron chi connectivity index (χ2n) is 7.74. The zero-order valence-corrected chi connectivity index (χ0v) is 20.2. The van der Waals surface area contributed by atoms with Crippen molar-refractivity contribution in [3.63, 3.8) is 0 Å². The largest absolute Gasteiger partial charge is 0.399 e. The number of nitrogen functional groups attached to an aromatic ring is 1. The summed E-state index contributed by atoms with van der Waals surface area (Å²) >= 11 is 12.5. The number of anilines is 1. The van der Waals surface area contributed by atoms with Crippen molar-refractivity contribution in [1.29, 1.82) is 0 Å². The molecule has 1 nitrogen and oxygen atoms in total. The maximum atomic E-state index is 6.41. The molecule has 0 saturated carbocycles. The first-order chi connectivity index (χ1) is 13.8. The molecule has 0 amide bonds. The van der Waals surface area contributed by atoms with E-state index in [2.05, 4.69) is 58.9 Å². The topological polar surface area (TPSA) is 26.0 Å². The predicted molar refractivity (Wildman–Crippen MR) is 132 cm³/mol. The van der Waals surface area contributed by atoms with E-state index in [1.54, 1.807) is 0 Å². The van der Waals surface area contributed by atoms with Crippen LogP contribution in [0, 0.1) is 6.92 Å². The first kappa shape index (κ1) is 25.6. The second-order valence-corrected chi connectivity index (χ2v) is 8.59. The van der Waals surface area contributed by atoms with Gasteiger partial charge in [0.1, 0.15) is 0 Å². The number of benzene rings is 2. The number of hydrogen-bond acceptors (Lipinski definition) is 1. The van der Waals surface area contributed by atoms with Crippen LogP contribution in [0.3, 0.4) is 0 Å². The van der Waals surface area contributed by atoms with Gasteiger partial charge in [0.15, 0.2) is 0 Å². The van der Waals surface area contributed by atoms with E-state index in [0.717, 1.165) is 35.5 Å². The van der Waals surface area contributed by atoms with Crippen LogP contribution in [0.4, 0.5) is 5.69 Å². The Bertz CT molecular complexity index is 765. The first-order valence-electron chi connectivity index (χ1n) is 10.8. The second kappa shape index (κ2) is 13.7. The summed E-state index contributed by atoms with van der Waals surface area (Å²) in [7, 11) is 0. The van der Waals surface area contributed by atoms with Crippen LogP contribution in [0.2, 0.25) is 10.0 Å². The van der Waals surface area contributed by atoms with Crippen molar-refractivity contribution in [3.8, 4) is 0 Å². The highest BCUT2D eigenvalue weighted by Crippen LogP contribution is 2.36. The zero-order chi connectivity index (χ0) is 21.8. The Morgan fingerprint density at radius 1 is 0.931 bits per heavy atom. The summed E-state index contributed by atoms with van der Waals surface area (Å²) in [6, 6.07) is 11.9. The quantitative estimate of drug-likeness (QED) is 0.325. The number of aryl methyl sites for hydroxylation is 1. The number of halogens is 2. The highest BCUT2D eigenvalue weighted by molar-refractivity contribution is 6.35. The number of nitrogens with two attached hydrogens (primary N) is 1. The Hall–Kier alpha value is -1.44. The average molecular weight is 434 g/mol. The lowest BCUT2D eigenvalue weighted by atomic mass is 9.84. The fourth-order valence-corrected chi connectivity index (χ4v) is 3.80. The van der Waals surface area contributed by atoms with Crippen LogP contribution in [-0.2, 0) is 0 Å². The van der Waals surface area contributed by atoms with Crippen molar-refractivity contribution >= 4 is 28.9 Å². The molecule has 2 aromatic rings. The van der Waals surface area contributed by atoms with E-state index in [1.165, 1.54) is 24.0 Å². The van der Waals surface area contributed by atoms with Crippen molar-refractivity contribution < 1.29 is 0 Å². The Morgan fingerprint density at radius 3 is 2.21 bits per heavy atom. The number of allylic oxidation sites excluding steroid dienone is 2. The van der Waals surface area contributed by atoms with Gasteiger partial charge in [-0.3, -0.25) is 0 Å². The van der Waals surface area contributed by atoms with E-state index >= 15 is 0 Å². The molecule has 29 heavy (non-hydrogen) atoms. The molecular formula is C26H37Cl2N. The van der Waals surface area contributed by atoms with E-state index < -0.39 is 0 Å². The fraction of sp³-hybridized carbons (Fsp3) is 0.462.